The lowest BCUT2D eigenvalue weighted by molar-refractivity contribution is -0.0414. The van der Waals surface area contributed by atoms with Crippen LogP contribution in [0.4, 0.5) is 4.39 Å². The highest BCUT2D eigenvalue weighted by Crippen LogP contribution is 2.31. The summed E-state index contributed by atoms with van der Waals surface area (Å²) in [6.07, 6.45) is 3.27. The molecule has 0 spiro atoms. The Kier molecular flexibility index (Phi) is 4.84. The van der Waals surface area contributed by atoms with Crippen molar-refractivity contribution in [2.75, 3.05) is 13.1 Å². The van der Waals surface area contributed by atoms with Gasteiger partial charge in [0.15, 0.2) is 0 Å². The van der Waals surface area contributed by atoms with Crippen LogP contribution in [0, 0.1) is 17.1 Å². The van der Waals surface area contributed by atoms with Gasteiger partial charge in [-0.25, -0.2) is 9.07 Å². The molecule has 132 valence electrons. The van der Waals surface area contributed by atoms with Crippen LogP contribution >= 0.6 is 0 Å². The van der Waals surface area contributed by atoms with Crippen molar-refractivity contribution in [2.45, 2.75) is 44.9 Å². The highest BCUT2D eigenvalue weighted by Gasteiger charge is 2.37. The second kappa shape index (κ2) is 6.90. The quantitative estimate of drug-likeness (QED) is 0.922. The first-order valence-corrected chi connectivity index (χ1v) is 8.47. The van der Waals surface area contributed by atoms with E-state index < -0.39 is 11.4 Å². The van der Waals surface area contributed by atoms with Crippen molar-refractivity contribution in [2.24, 2.45) is 0 Å². The van der Waals surface area contributed by atoms with E-state index in [2.05, 4.69) is 15.2 Å². The van der Waals surface area contributed by atoms with Crippen molar-refractivity contribution in [3.63, 3.8) is 0 Å². The largest absolute Gasteiger partial charge is 0.382 e. The molecule has 1 N–H and O–H groups in total. The predicted molar refractivity (Wildman–Crippen MR) is 89.9 cm³/mol. The van der Waals surface area contributed by atoms with Crippen molar-refractivity contribution in [1.29, 1.82) is 5.26 Å². The van der Waals surface area contributed by atoms with Gasteiger partial charge in [0.2, 0.25) is 0 Å². The molecule has 2 aromatic rings. The summed E-state index contributed by atoms with van der Waals surface area (Å²) >= 11 is 0. The van der Waals surface area contributed by atoms with Crippen LogP contribution in [0.15, 0.2) is 24.4 Å². The van der Waals surface area contributed by atoms with E-state index in [0.717, 1.165) is 18.5 Å². The molecule has 2 heterocycles. The van der Waals surface area contributed by atoms with Crippen molar-refractivity contribution >= 4 is 0 Å². The second-order valence-corrected chi connectivity index (χ2v) is 6.95. The van der Waals surface area contributed by atoms with Crippen LogP contribution < -0.4 is 0 Å². The Morgan fingerprint density at radius 1 is 1.44 bits per heavy atom. The van der Waals surface area contributed by atoms with Gasteiger partial charge in [0.05, 0.1) is 11.8 Å². The zero-order valence-corrected chi connectivity index (χ0v) is 14.5. The summed E-state index contributed by atoms with van der Waals surface area (Å²) in [7, 11) is 0. The van der Waals surface area contributed by atoms with Gasteiger partial charge in [-0.1, -0.05) is 11.3 Å². The number of likely N-dealkylation sites (tertiary alicyclic amines) is 1. The molecule has 1 saturated heterocycles. The molecule has 1 aromatic heterocycles. The van der Waals surface area contributed by atoms with Crippen LogP contribution in [-0.2, 0) is 12.1 Å². The molecule has 25 heavy (non-hydrogen) atoms. The molecular weight excluding hydrogens is 321 g/mol. The zero-order valence-electron chi connectivity index (χ0n) is 14.5. The molecule has 1 atom stereocenters. The van der Waals surface area contributed by atoms with E-state index in [-0.39, 0.29) is 11.6 Å². The molecule has 0 aliphatic carbocycles. The maximum Gasteiger partial charge on any atom is 0.140 e. The molecule has 0 saturated carbocycles. The van der Waals surface area contributed by atoms with Gasteiger partial charge in [-0.15, -0.1) is 5.10 Å². The monoisotopic (exact) mass is 343 g/mol. The topological polar surface area (TPSA) is 78.0 Å². The predicted octanol–water partition coefficient (Wildman–Crippen LogP) is 2.35. The third-order valence-electron chi connectivity index (χ3n) is 4.62. The van der Waals surface area contributed by atoms with Gasteiger partial charge < -0.3 is 5.11 Å². The standard InChI is InChI=1S/C18H22FN5O/c1-13(2)24-11-17(21-22-24)18(25)6-3-7-23(12-18)10-14-4-5-16(19)15(8-14)9-20/h4-5,8,11,13,25H,3,6-7,10,12H2,1-2H3. The van der Waals surface area contributed by atoms with Gasteiger partial charge in [-0.3, -0.25) is 4.90 Å². The minimum atomic E-state index is -1.04. The Bertz CT molecular complexity index is 797. The molecule has 1 aliphatic heterocycles. The van der Waals surface area contributed by atoms with E-state index in [0.29, 0.717) is 25.2 Å². The summed E-state index contributed by atoms with van der Waals surface area (Å²) in [6, 6.07) is 6.62. The minimum absolute atomic E-state index is 0.0460. The van der Waals surface area contributed by atoms with Crippen molar-refractivity contribution in [3.8, 4) is 6.07 Å². The van der Waals surface area contributed by atoms with Gasteiger partial charge in [0, 0.05) is 19.1 Å². The maximum atomic E-state index is 13.5. The molecule has 0 amide bonds. The van der Waals surface area contributed by atoms with Crippen LogP contribution in [0.3, 0.4) is 0 Å². The van der Waals surface area contributed by atoms with E-state index in [1.54, 1.807) is 23.0 Å². The third kappa shape index (κ3) is 3.70. The fraction of sp³-hybridized carbons (Fsp3) is 0.500. The first kappa shape index (κ1) is 17.5. The smallest absolute Gasteiger partial charge is 0.140 e. The molecule has 7 heteroatoms. The molecule has 6 nitrogen and oxygen atoms in total. The Morgan fingerprint density at radius 2 is 2.24 bits per heavy atom. The number of rotatable bonds is 4. The average molecular weight is 343 g/mol. The molecule has 0 radical (unpaired) electrons. The summed E-state index contributed by atoms with van der Waals surface area (Å²) in [5.41, 5.74) is 0.448. The first-order chi connectivity index (χ1) is 11.9. The fourth-order valence-corrected chi connectivity index (χ4v) is 3.22. The Morgan fingerprint density at radius 3 is 2.92 bits per heavy atom. The molecular formula is C18H22FN5O. The van der Waals surface area contributed by atoms with E-state index in [9.17, 15) is 9.50 Å². The summed E-state index contributed by atoms with van der Waals surface area (Å²) in [5.74, 6) is -0.508. The number of piperidine rings is 1. The maximum absolute atomic E-state index is 13.5. The lowest BCUT2D eigenvalue weighted by Gasteiger charge is -2.38. The van der Waals surface area contributed by atoms with Crippen LogP contribution in [0.1, 0.15) is 49.6 Å². The lowest BCUT2D eigenvalue weighted by Crippen LogP contribution is -2.45. The van der Waals surface area contributed by atoms with Gasteiger partial charge in [-0.2, -0.15) is 5.26 Å². The average Bonchev–Trinajstić information content (AvgIpc) is 3.08. The molecule has 1 fully saturated rings. The van der Waals surface area contributed by atoms with Gasteiger partial charge in [0.1, 0.15) is 23.2 Å². The first-order valence-electron chi connectivity index (χ1n) is 8.47. The number of β-amino-alcohol motifs (C(OH)–C–C–N with tert-alkyl or cyclic N) is 1. The molecule has 3 rings (SSSR count). The van der Waals surface area contributed by atoms with Gasteiger partial charge in [0.25, 0.3) is 0 Å². The van der Waals surface area contributed by atoms with E-state index in [1.807, 2.05) is 19.9 Å². The SMILES string of the molecule is CC(C)n1cc(C2(O)CCCN(Cc3ccc(F)c(C#N)c3)C2)nn1. The highest BCUT2D eigenvalue weighted by molar-refractivity contribution is 5.34. The fourth-order valence-electron chi connectivity index (χ4n) is 3.22. The normalized spacial score (nSPS) is 21.4. The van der Waals surface area contributed by atoms with Crippen LogP contribution in [-0.4, -0.2) is 38.1 Å². The summed E-state index contributed by atoms with van der Waals surface area (Å²) in [6.45, 7) is 5.84. The van der Waals surface area contributed by atoms with E-state index in [1.165, 1.54) is 6.07 Å². The number of aromatic nitrogens is 3. The number of hydrogen-bond acceptors (Lipinski definition) is 5. The number of aliphatic hydroxyl groups is 1. The van der Waals surface area contributed by atoms with Crippen LogP contribution in [0.2, 0.25) is 0 Å². The summed E-state index contributed by atoms with van der Waals surface area (Å²) in [5, 5.41) is 28.3. The summed E-state index contributed by atoms with van der Waals surface area (Å²) in [4.78, 5) is 2.10. The number of benzene rings is 1. The summed E-state index contributed by atoms with van der Waals surface area (Å²) < 4.78 is 15.2. The minimum Gasteiger partial charge on any atom is -0.382 e. The van der Waals surface area contributed by atoms with Crippen molar-refractivity contribution in [3.05, 3.63) is 47.0 Å². The number of nitriles is 1. The Hall–Kier alpha value is -2.30. The Labute approximate surface area is 146 Å². The van der Waals surface area contributed by atoms with Crippen LogP contribution in [0.25, 0.3) is 0 Å². The van der Waals surface area contributed by atoms with E-state index >= 15 is 0 Å². The van der Waals surface area contributed by atoms with Crippen molar-refractivity contribution < 1.29 is 9.50 Å². The van der Waals surface area contributed by atoms with Gasteiger partial charge >= 0.3 is 0 Å². The van der Waals surface area contributed by atoms with E-state index in [4.69, 9.17) is 5.26 Å². The molecule has 1 unspecified atom stereocenters. The zero-order chi connectivity index (χ0) is 18.0. The number of nitrogens with zero attached hydrogens (tertiary/aromatic N) is 5. The van der Waals surface area contributed by atoms with Gasteiger partial charge in [-0.05, 0) is 50.9 Å². The molecule has 0 bridgehead atoms. The third-order valence-corrected chi connectivity index (χ3v) is 4.62. The molecule has 1 aliphatic rings. The van der Waals surface area contributed by atoms with Crippen LogP contribution in [0.5, 0.6) is 0 Å². The Balaban J connectivity index is 1.75. The number of halogens is 1. The number of hydrogen-bond donors (Lipinski definition) is 1. The lowest BCUT2D eigenvalue weighted by atomic mass is 9.89. The molecule has 1 aromatic carbocycles. The second-order valence-electron chi connectivity index (χ2n) is 6.95. The highest BCUT2D eigenvalue weighted by atomic mass is 19.1. The van der Waals surface area contributed by atoms with Crippen molar-refractivity contribution in [1.82, 2.24) is 19.9 Å².